The number of piperazine rings is 1. The monoisotopic (exact) mass is 386 g/mol. The fourth-order valence-corrected chi connectivity index (χ4v) is 3.78. The Hall–Kier alpha value is -3.45. The molecule has 1 fully saturated rings. The molecule has 7 nitrogen and oxygen atoms in total. The maximum Gasteiger partial charge on any atom is 0.254 e. The molecule has 7 heteroatoms. The molecule has 4 aromatic rings. The average Bonchev–Trinajstić information content (AvgIpc) is 3.43. The fourth-order valence-electron chi connectivity index (χ4n) is 3.78. The Morgan fingerprint density at radius 1 is 1.00 bits per heavy atom. The van der Waals surface area contributed by atoms with E-state index in [0.717, 1.165) is 60.8 Å². The number of carbonyl (C=O) groups is 1. The predicted octanol–water partition coefficient (Wildman–Crippen LogP) is 2.91. The van der Waals surface area contributed by atoms with Gasteiger partial charge in [-0.1, -0.05) is 30.3 Å². The standard InChI is InChI=1S/C22H22N6O/c29-22(28-12-10-27(11-13-28)15-18-8-9-23-26-18)17-6-7-19-20(14-17)25-21(24-19)16-4-2-1-3-5-16/h1-9,14H,10-13,15H2,(H,23,26)(H,24,25). The Labute approximate surface area is 168 Å². The van der Waals surface area contributed by atoms with Gasteiger partial charge in [0.15, 0.2) is 0 Å². The molecule has 0 unspecified atom stereocenters. The number of aromatic amines is 2. The minimum atomic E-state index is 0.0731. The van der Waals surface area contributed by atoms with Gasteiger partial charge in [0.25, 0.3) is 5.91 Å². The third-order valence-corrected chi connectivity index (χ3v) is 5.39. The Kier molecular flexibility index (Phi) is 4.57. The Balaban J connectivity index is 1.28. The second-order valence-corrected chi connectivity index (χ2v) is 7.33. The van der Waals surface area contributed by atoms with Gasteiger partial charge in [0.05, 0.1) is 11.0 Å². The first-order chi connectivity index (χ1) is 14.3. The highest BCUT2D eigenvalue weighted by Gasteiger charge is 2.23. The predicted molar refractivity (Wildman–Crippen MR) is 111 cm³/mol. The summed E-state index contributed by atoms with van der Waals surface area (Å²) in [7, 11) is 0. The molecule has 1 aliphatic heterocycles. The van der Waals surface area contributed by atoms with Gasteiger partial charge in [0.2, 0.25) is 0 Å². The number of benzene rings is 2. The maximum absolute atomic E-state index is 13.0. The van der Waals surface area contributed by atoms with E-state index in [1.54, 1.807) is 6.20 Å². The maximum atomic E-state index is 13.0. The van der Waals surface area contributed by atoms with Crippen LogP contribution in [0, 0.1) is 0 Å². The molecule has 1 amide bonds. The van der Waals surface area contributed by atoms with Gasteiger partial charge in [-0.2, -0.15) is 5.10 Å². The lowest BCUT2D eigenvalue weighted by molar-refractivity contribution is 0.0627. The molecule has 0 aliphatic carbocycles. The smallest absolute Gasteiger partial charge is 0.254 e. The number of amides is 1. The summed E-state index contributed by atoms with van der Waals surface area (Å²) in [5.41, 5.74) is 4.58. The highest BCUT2D eigenvalue weighted by atomic mass is 16.2. The zero-order valence-corrected chi connectivity index (χ0v) is 16.0. The molecule has 5 rings (SSSR count). The van der Waals surface area contributed by atoms with Gasteiger partial charge in [-0.25, -0.2) is 4.98 Å². The Morgan fingerprint density at radius 2 is 1.83 bits per heavy atom. The lowest BCUT2D eigenvalue weighted by Gasteiger charge is -2.34. The van der Waals surface area contributed by atoms with Crippen LogP contribution in [-0.2, 0) is 6.54 Å². The van der Waals surface area contributed by atoms with Gasteiger partial charge in [-0.3, -0.25) is 14.8 Å². The number of carbonyl (C=O) groups excluding carboxylic acids is 1. The van der Waals surface area contributed by atoms with Crippen molar-refractivity contribution in [2.24, 2.45) is 0 Å². The Morgan fingerprint density at radius 3 is 2.59 bits per heavy atom. The number of hydrogen-bond acceptors (Lipinski definition) is 4. The second kappa shape index (κ2) is 7.52. The normalized spacial score (nSPS) is 15.1. The summed E-state index contributed by atoms with van der Waals surface area (Å²) in [4.78, 5) is 25.3. The number of hydrogen-bond donors (Lipinski definition) is 2. The lowest BCUT2D eigenvalue weighted by Crippen LogP contribution is -2.48. The number of imidazole rings is 1. The van der Waals surface area contributed by atoms with Gasteiger partial charge < -0.3 is 9.88 Å². The van der Waals surface area contributed by atoms with Crippen LogP contribution in [0.15, 0.2) is 60.8 Å². The van der Waals surface area contributed by atoms with Crippen LogP contribution in [-0.4, -0.2) is 62.1 Å². The van der Waals surface area contributed by atoms with Crippen LogP contribution in [0.25, 0.3) is 22.4 Å². The molecule has 3 heterocycles. The summed E-state index contributed by atoms with van der Waals surface area (Å²) >= 11 is 0. The summed E-state index contributed by atoms with van der Waals surface area (Å²) in [6.45, 7) is 4.00. The quantitative estimate of drug-likeness (QED) is 0.565. The number of nitrogens with zero attached hydrogens (tertiary/aromatic N) is 4. The summed E-state index contributed by atoms with van der Waals surface area (Å²) < 4.78 is 0. The van der Waals surface area contributed by atoms with Crippen LogP contribution in [0.2, 0.25) is 0 Å². The molecular formula is C22H22N6O. The van der Waals surface area contributed by atoms with Crippen LogP contribution in [0.3, 0.4) is 0 Å². The van der Waals surface area contributed by atoms with Crippen molar-refractivity contribution < 1.29 is 4.79 Å². The van der Waals surface area contributed by atoms with E-state index in [4.69, 9.17) is 0 Å². The van der Waals surface area contributed by atoms with Crippen LogP contribution < -0.4 is 0 Å². The molecule has 0 spiro atoms. The highest BCUT2D eigenvalue weighted by Crippen LogP contribution is 2.22. The first-order valence-corrected chi connectivity index (χ1v) is 9.81. The van der Waals surface area contributed by atoms with Gasteiger partial charge in [-0.05, 0) is 24.3 Å². The first kappa shape index (κ1) is 17.6. The van der Waals surface area contributed by atoms with E-state index in [0.29, 0.717) is 5.56 Å². The van der Waals surface area contributed by atoms with E-state index < -0.39 is 0 Å². The summed E-state index contributed by atoms with van der Waals surface area (Å²) in [6, 6.07) is 17.7. The van der Waals surface area contributed by atoms with E-state index >= 15 is 0 Å². The molecule has 146 valence electrons. The van der Waals surface area contributed by atoms with Crippen LogP contribution >= 0.6 is 0 Å². The van der Waals surface area contributed by atoms with Crippen molar-refractivity contribution >= 4 is 16.9 Å². The number of H-pyrrole nitrogens is 2. The molecule has 2 aromatic heterocycles. The molecule has 0 radical (unpaired) electrons. The van der Waals surface area contributed by atoms with Crippen molar-refractivity contribution in [2.75, 3.05) is 26.2 Å². The minimum Gasteiger partial charge on any atom is -0.338 e. The number of fused-ring (bicyclic) bond motifs is 1. The number of nitrogens with one attached hydrogen (secondary N) is 2. The van der Waals surface area contributed by atoms with Crippen LogP contribution in [0.1, 0.15) is 16.1 Å². The van der Waals surface area contributed by atoms with Gasteiger partial charge in [0.1, 0.15) is 5.82 Å². The highest BCUT2D eigenvalue weighted by molar-refractivity contribution is 5.97. The number of aromatic nitrogens is 4. The molecular weight excluding hydrogens is 364 g/mol. The molecule has 1 saturated heterocycles. The molecule has 0 atom stereocenters. The van der Waals surface area contributed by atoms with Crippen molar-refractivity contribution in [3.8, 4) is 11.4 Å². The fraction of sp³-hybridized carbons (Fsp3) is 0.227. The third kappa shape index (κ3) is 3.64. The molecule has 29 heavy (non-hydrogen) atoms. The van der Waals surface area contributed by atoms with Gasteiger partial charge in [0, 0.05) is 55.7 Å². The second-order valence-electron chi connectivity index (χ2n) is 7.33. The van der Waals surface area contributed by atoms with E-state index in [2.05, 4.69) is 25.1 Å². The largest absolute Gasteiger partial charge is 0.338 e. The first-order valence-electron chi connectivity index (χ1n) is 9.81. The van der Waals surface area contributed by atoms with E-state index in [1.165, 1.54) is 0 Å². The Bertz CT molecular complexity index is 1110. The van der Waals surface area contributed by atoms with E-state index in [-0.39, 0.29) is 5.91 Å². The molecule has 2 N–H and O–H groups in total. The SMILES string of the molecule is O=C(c1ccc2nc(-c3ccccc3)[nH]c2c1)N1CCN(Cc2ccn[nH]2)CC1. The third-order valence-electron chi connectivity index (χ3n) is 5.39. The summed E-state index contributed by atoms with van der Waals surface area (Å²) in [5, 5.41) is 6.99. The van der Waals surface area contributed by atoms with Crippen molar-refractivity contribution in [3.05, 3.63) is 72.1 Å². The van der Waals surface area contributed by atoms with E-state index in [9.17, 15) is 4.79 Å². The topological polar surface area (TPSA) is 80.9 Å². The van der Waals surface area contributed by atoms with Gasteiger partial charge in [-0.15, -0.1) is 0 Å². The number of rotatable bonds is 4. The average molecular weight is 386 g/mol. The summed E-state index contributed by atoms with van der Waals surface area (Å²) in [5.74, 6) is 0.890. The van der Waals surface area contributed by atoms with Crippen molar-refractivity contribution in [3.63, 3.8) is 0 Å². The van der Waals surface area contributed by atoms with E-state index in [1.807, 2.05) is 59.5 Å². The lowest BCUT2D eigenvalue weighted by atomic mass is 10.1. The zero-order chi connectivity index (χ0) is 19.6. The van der Waals surface area contributed by atoms with Crippen molar-refractivity contribution in [1.29, 1.82) is 0 Å². The van der Waals surface area contributed by atoms with Crippen molar-refractivity contribution in [2.45, 2.75) is 6.54 Å². The minimum absolute atomic E-state index is 0.0731. The molecule has 0 bridgehead atoms. The van der Waals surface area contributed by atoms with Crippen LogP contribution in [0.5, 0.6) is 0 Å². The van der Waals surface area contributed by atoms with Crippen LogP contribution in [0.4, 0.5) is 0 Å². The molecule has 1 aliphatic rings. The zero-order valence-electron chi connectivity index (χ0n) is 16.0. The van der Waals surface area contributed by atoms with Gasteiger partial charge >= 0.3 is 0 Å². The molecule has 2 aromatic carbocycles. The summed E-state index contributed by atoms with van der Waals surface area (Å²) in [6.07, 6.45) is 1.77. The molecule has 0 saturated carbocycles. The van der Waals surface area contributed by atoms with Crippen molar-refractivity contribution in [1.82, 2.24) is 30.0 Å².